The molecule has 4 rings (SSSR count). The van der Waals surface area contributed by atoms with E-state index < -0.39 is 27.1 Å². The predicted octanol–water partition coefficient (Wildman–Crippen LogP) is 5.55. The number of aromatic nitrogens is 1. The number of nitrogens with one attached hydrogen (secondary N) is 2. The summed E-state index contributed by atoms with van der Waals surface area (Å²) < 4.78 is 65.7. The Bertz CT molecular complexity index is 1600. The molecule has 41 heavy (non-hydrogen) atoms. The predicted molar refractivity (Wildman–Crippen MR) is 155 cm³/mol. The maximum Gasteiger partial charge on any atom is 0.417 e. The number of pyridine rings is 1. The number of anilines is 1. The monoisotopic (exact) mass is 589 g/mol. The van der Waals surface area contributed by atoms with Crippen LogP contribution in [-0.2, 0) is 20.8 Å². The minimum absolute atomic E-state index is 0.0177. The third-order valence-corrected chi connectivity index (χ3v) is 9.31. The number of alkyl halides is 3. The summed E-state index contributed by atoms with van der Waals surface area (Å²) in [5.41, 5.74) is -0.318. The van der Waals surface area contributed by atoms with Crippen LogP contribution in [0.4, 0.5) is 18.9 Å². The molecule has 2 atom stereocenters. The number of hydrogen-bond donors (Lipinski definition) is 2. The van der Waals surface area contributed by atoms with Gasteiger partial charge < -0.3 is 15.2 Å². The van der Waals surface area contributed by atoms with Gasteiger partial charge in [0.25, 0.3) is 0 Å². The standard InChI is InChI=1S/C30H34F3N3O4S/c1-19(2)18-41(39,40)24-10-5-21(6-11-24)7-13-28(37)34-15-14-22-8-4-20(3)36(22)23-9-12-27-25(16-23)26(30(31,32)33)17-29(38)35-27/h5-7,9-13,16-17,19-20,22H,4,8,14-15,18H2,1-3H3,(H,34,37)(H,35,38)/b13-7+/t20-,22-/m1/s1. The van der Waals surface area contributed by atoms with Crippen molar-refractivity contribution >= 4 is 38.4 Å². The van der Waals surface area contributed by atoms with E-state index in [1.807, 2.05) is 20.8 Å². The second-order valence-corrected chi connectivity index (χ2v) is 13.0. The quantitative estimate of drug-likeness (QED) is 0.319. The Morgan fingerprint density at radius 2 is 1.83 bits per heavy atom. The van der Waals surface area contributed by atoms with Crippen molar-refractivity contribution in [3.05, 3.63) is 76.1 Å². The van der Waals surface area contributed by atoms with E-state index in [1.165, 1.54) is 30.3 Å². The van der Waals surface area contributed by atoms with E-state index in [2.05, 4.69) is 15.2 Å². The number of halogens is 3. The lowest BCUT2D eigenvalue weighted by Gasteiger charge is -2.31. The van der Waals surface area contributed by atoms with E-state index in [0.717, 1.165) is 12.8 Å². The molecule has 0 bridgehead atoms. The van der Waals surface area contributed by atoms with E-state index in [4.69, 9.17) is 0 Å². The largest absolute Gasteiger partial charge is 0.417 e. The Morgan fingerprint density at radius 1 is 1.12 bits per heavy atom. The highest BCUT2D eigenvalue weighted by Crippen LogP contribution is 2.37. The Hall–Kier alpha value is -3.60. The van der Waals surface area contributed by atoms with Crippen molar-refractivity contribution in [3.8, 4) is 0 Å². The summed E-state index contributed by atoms with van der Waals surface area (Å²) in [5.74, 6) is -0.217. The smallest absolute Gasteiger partial charge is 0.366 e. The molecule has 2 aromatic carbocycles. The number of sulfone groups is 1. The molecule has 1 aliphatic rings. The van der Waals surface area contributed by atoms with Crippen LogP contribution >= 0.6 is 0 Å². The van der Waals surface area contributed by atoms with Gasteiger partial charge >= 0.3 is 6.18 Å². The van der Waals surface area contributed by atoms with Crippen molar-refractivity contribution in [1.29, 1.82) is 0 Å². The maximum atomic E-state index is 13.6. The normalized spacial score (nSPS) is 18.1. The van der Waals surface area contributed by atoms with Crippen LogP contribution in [-0.4, -0.2) is 43.7 Å². The first kappa shape index (κ1) is 30.4. The van der Waals surface area contributed by atoms with Crippen LogP contribution in [0.1, 0.15) is 51.2 Å². The van der Waals surface area contributed by atoms with Gasteiger partial charge in [0, 0.05) is 47.4 Å². The lowest BCUT2D eigenvalue weighted by atomic mass is 10.1. The van der Waals surface area contributed by atoms with Crippen LogP contribution in [0.3, 0.4) is 0 Å². The second kappa shape index (κ2) is 12.1. The molecule has 0 radical (unpaired) electrons. The van der Waals surface area contributed by atoms with Crippen molar-refractivity contribution in [1.82, 2.24) is 10.3 Å². The minimum Gasteiger partial charge on any atom is -0.366 e. The van der Waals surface area contributed by atoms with Crippen molar-refractivity contribution in [2.24, 2.45) is 5.92 Å². The van der Waals surface area contributed by atoms with E-state index in [-0.39, 0.29) is 45.5 Å². The van der Waals surface area contributed by atoms with Crippen molar-refractivity contribution in [2.75, 3.05) is 17.2 Å². The fourth-order valence-electron chi connectivity index (χ4n) is 5.37. The zero-order chi connectivity index (χ0) is 29.9. The molecule has 0 spiro atoms. The molecule has 2 heterocycles. The van der Waals surface area contributed by atoms with Crippen LogP contribution in [0.2, 0.25) is 0 Å². The van der Waals surface area contributed by atoms with E-state index >= 15 is 0 Å². The van der Waals surface area contributed by atoms with Gasteiger partial charge in [-0.15, -0.1) is 0 Å². The SMILES string of the molecule is CC(C)CS(=O)(=O)c1ccc(/C=C/C(=O)NCC[C@H]2CC[C@@H](C)N2c2ccc3[nH]c(=O)cc(C(F)(F)F)c3c2)cc1. The molecule has 1 aliphatic heterocycles. The number of rotatable bonds is 9. The average molecular weight is 590 g/mol. The number of benzene rings is 2. The summed E-state index contributed by atoms with van der Waals surface area (Å²) in [6.45, 7) is 6.08. The highest BCUT2D eigenvalue weighted by molar-refractivity contribution is 7.91. The molecule has 1 saturated heterocycles. The van der Waals surface area contributed by atoms with Crippen molar-refractivity contribution in [2.45, 2.75) is 63.2 Å². The number of H-pyrrole nitrogens is 1. The molecule has 1 aromatic heterocycles. The average Bonchev–Trinajstić information content (AvgIpc) is 3.25. The molecule has 2 N–H and O–H groups in total. The molecule has 3 aromatic rings. The second-order valence-electron chi connectivity index (χ2n) is 10.9. The fourth-order valence-corrected chi connectivity index (χ4v) is 6.99. The lowest BCUT2D eigenvalue weighted by Crippen LogP contribution is -2.37. The number of carbonyl (C=O) groups is 1. The molecule has 0 saturated carbocycles. The van der Waals surface area contributed by atoms with Gasteiger partial charge in [0.1, 0.15) is 0 Å². The summed E-state index contributed by atoms with van der Waals surface area (Å²) in [6.07, 6.45) is 0.617. The number of nitrogens with zero attached hydrogens (tertiary/aromatic N) is 1. The third kappa shape index (κ3) is 7.38. The van der Waals surface area contributed by atoms with Crippen LogP contribution in [0, 0.1) is 5.92 Å². The summed E-state index contributed by atoms with van der Waals surface area (Å²) in [6, 6.07) is 11.8. The Labute approximate surface area is 237 Å². The summed E-state index contributed by atoms with van der Waals surface area (Å²) in [7, 11) is -3.35. The first-order valence-electron chi connectivity index (χ1n) is 13.6. The number of carbonyl (C=O) groups excluding carboxylic acids is 1. The van der Waals surface area contributed by atoms with Gasteiger partial charge in [-0.1, -0.05) is 26.0 Å². The van der Waals surface area contributed by atoms with Gasteiger partial charge in [-0.05, 0) is 74.1 Å². The number of aromatic amines is 1. The van der Waals surface area contributed by atoms with Gasteiger partial charge in [-0.3, -0.25) is 9.59 Å². The first-order valence-corrected chi connectivity index (χ1v) is 15.2. The minimum atomic E-state index is -4.66. The molecular formula is C30H34F3N3O4S. The van der Waals surface area contributed by atoms with Gasteiger partial charge in [0.2, 0.25) is 11.5 Å². The van der Waals surface area contributed by atoms with Crippen LogP contribution in [0.5, 0.6) is 0 Å². The fraction of sp³-hybridized carbons (Fsp3) is 0.400. The number of hydrogen-bond acceptors (Lipinski definition) is 5. The highest BCUT2D eigenvalue weighted by Gasteiger charge is 2.35. The van der Waals surface area contributed by atoms with Crippen LogP contribution in [0.15, 0.2) is 64.3 Å². The number of amides is 1. The molecule has 1 amide bonds. The molecule has 0 unspecified atom stereocenters. The van der Waals surface area contributed by atoms with Gasteiger partial charge in [0.05, 0.1) is 16.2 Å². The third-order valence-electron chi connectivity index (χ3n) is 7.21. The van der Waals surface area contributed by atoms with Gasteiger partial charge in [0.15, 0.2) is 9.84 Å². The molecule has 0 aliphatic carbocycles. The highest BCUT2D eigenvalue weighted by atomic mass is 32.2. The summed E-state index contributed by atoms with van der Waals surface area (Å²) >= 11 is 0. The van der Waals surface area contributed by atoms with Crippen LogP contribution < -0.4 is 15.8 Å². The molecule has 7 nitrogen and oxygen atoms in total. The Kier molecular flexibility index (Phi) is 8.96. The van der Waals surface area contributed by atoms with Crippen LogP contribution in [0.25, 0.3) is 17.0 Å². The van der Waals surface area contributed by atoms with Crippen molar-refractivity contribution in [3.63, 3.8) is 0 Å². The topological polar surface area (TPSA) is 99.3 Å². The Morgan fingerprint density at radius 3 is 2.49 bits per heavy atom. The van der Waals surface area contributed by atoms with E-state index in [9.17, 15) is 31.2 Å². The maximum absolute atomic E-state index is 13.6. The van der Waals surface area contributed by atoms with E-state index in [0.29, 0.717) is 30.3 Å². The molecular weight excluding hydrogens is 555 g/mol. The molecule has 1 fully saturated rings. The zero-order valence-corrected chi connectivity index (χ0v) is 24.0. The lowest BCUT2D eigenvalue weighted by molar-refractivity contribution is -0.136. The molecule has 220 valence electrons. The van der Waals surface area contributed by atoms with E-state index in [1.54, 1.807) is 24.3 Å². The molecule has 11 heteroatoms. The summed E-state index contributed by atoms with van der Waals surface area (Å²) in [5, 5.41) is 2.79. The first-order chi connectivity index (χ1) is 19.2. The van der Waals surface area contributed by atoms with Gasteiger partial charge in [-0.2, -0.15) is 13.2 Å². The van der Waals surface area contributed by atoms with Crippen molar-refractivity contribution < 1.29 is 26.4 Å². The zero-order valence-electron chi connectivity index (χ0n) is 23.2. The Balaban J connectivity index is 1.39. The van der Waals surface area contributed by atoms with Gasteiger partial charge in [-0.25, -0.2) is 8.42 Å². The number of fused-ring (bicyclic) bond motifs is 1. The summed E-state index contributed by atoms with van der Waals surface area (Å²) in [4.78, 5) is 29.0.